The fourth-order valence-corrected chi connectivity index (χ4v) is 1.94. The summed E-state index contributed by atoms with van der Waals surface area (Å²) in [6.45, 7) is 5.66. The summed E-state index contributed by atoms with van der Waals surface area (Å²) in [5, 5.41) is 2.89. The lowest BCUT2D eigenvalue weighted by Crippen LogP contribution is -2.38. The average molecular weight is 249 g/mol. The van der Waals surface area contributed by atoms with Crippen molar-refractivity contribution < 1.29 is 9.53 Å². The van der Waals surface area contributed by atoms with Gasteiger partial charge in [0.05, 0.1) is 18.8 Å². The Kier molecular flexibility index (Phi) is 4.52. The van der Waals surface area contributed by atoms with E-state index in [0.29, 0.717) is 25.3 Å². The number of pyridine rings is 1. The first-order chi connectivity index (χ1) is 8.83. The van der Waals surface area contributed by atoms with Crippen molar-refractivity contribution in [1.82, 2.24) is 10.3 Å². The van der Waals surface area contributed by atoms with E-state index >= 15 is 0 Å². The molecule has 0 bridgehead atoms. The van der Waals surface area contributed by atoms with Gasteiger partial charge in [-0.15, -0.1) is 0 Å². The van der Waals surface area contributed by atoms with Crippen LogP contribution in [0.1, 0.15) is 23.7 Å². The number of carbonyl (C=O) groups excluding carboxylic acids is 1. The molecule has 0 unspecified atom stereocenters. The molecule has 1 aromatic rings. The number of carbonyl (C=O) groups is 1. The summed E-state index contributed by atoms with van der Waals surface area (Å²) < 4.78 is 5.32. The summed E-state index contributed by atoms with van der Waals surface area (Å²) in [6, 6.07) is 3.62. The molecule has 1 aromatic heterocycles. The van der Waals surface area contributed by atoms with Crippen LogP contribution in [0, 0.1) is 0 Å². The molecule has 1 fully saturated rings. The highest BCUT2D eigenvalue weighted by Gasteiger charge is 2.19. The Balaban J connectivity index is 2.16. The quantitative estimate of drug-likeness (QED) is 0.867. The molecular formula is C13H19N3O2. The molecule has 0 saturated carbocycles. The maximum Gasteiger partial charge on any atom is 0.255 e. The molecule has 1 aliphatic heterocycles. The highest BCUT2D eigenvalue weighted by molar-refractivity contribution is 5.98. The summed E-state index contributed by atoms with van der Waals surface area (Å²) in [4.78, 5) is 18.5. The Labute approximate surface area is 107 Å². The van der Waals surface area contributed by atoms with Crippen LogP contribution in [0.4, 0.5) is 5.82 Å². The smallest absolute Gasteiger partial charge is 0.255 e. The minimum atomic E-state index is -0.0496. The van der Waals surface area contributed by atoms with Crippen LogP contribution >= 0.6 is 0 Å². The lowest BCUT2D eigenvalue weighted by molar-refractivity contribution is 0.0951. The molecule has 1 N–H and O–H groups in total. The van der Waals surface area contributed by atoms with E-state index in [2.05, 4.69) is 15.2 Å². The van der Waals surface area contributed by atoms with Crippen molar-refractivity contribution in [2.45, 2.75) is 13.3 Å². The summed E-state index contributed by atoms with van der Waals surface area (Å²) in [6.07, 6.45) is 2.65. The van der Waals surface area contributed by atoms with Crippen molar-refractivity contribution >= 4 is 11.7 Å². The van der Waals surface area contributed by atoms with Gasteiger partial charge in [-0.1, -0.05) is 6.92 Å². The molecule has 18 heavy (non-hydrogen) atoms. The second-order valence-corrected chi connectivity index (χ2v) is 4.23. The number of hydrogen-bond donors (Lipinski definition) is 1. The van der Waals surface area contributed by atoms with Gasteiger partial charge in [0.15, 0.2) is 0 Å². The van der Waals surface area contributed by atoms with Crippen LogP contribution in [-0.4, -0.2) is 43.7 Å². The molecule has 2 rings (SSSR count). The molecule has 5 nitrogen and oxygen atoms in total. The van der Waals surface area contributed by atoms with Crippen LogP contribution in [0.25, 0.3) is 0 Å². The van der Waals surface area contributed by atoms with Gasteiger partial charge < -0.3 is 15.0 Å². The summed E-state index contributed by atoms with van der Waals surface area (Å²) >= 11 is 0. The number of morpholine rings is 1. The zero-order valence-corrected chi connectivity index (χ0v) is 10.7. The zero-order valence-electron chi connectivity index (χ0n) is 10.7. The molecule has 1 saturated heterocycles. The number of anilines is 1. The zero-order chi connectivity index (χ0) is 12.8. The molecule has 5 heteroatoms. The maximum atomic E-state index is 12.1. The van der Waals surface area contributed by atoms with Crippen molar-refractivity contribution in [2.24, 2.45) is 0 Å². The van der Waals surface area contributed by atoms with E-state index in [1.54, 1.807) is 12.3 Å². The molecule has 0 atom stereocenters. The monoisotopic (exact) mass is 249 g/mol. The van der Waals surface area contributed by atoms with Crippen molar-refractivity contribution in [3.63, 3.8) is 0 Å². The largest absolute Gasteiger partial charge is 0.378 e. The van der Waals surface area contributed by atoms with E-state index in [-0.39, 0.29) is 5.91 Å². The number of amides is 1. The van der Waals surface area contributed by atoms with Crippen molar-refractivity contribution in [1.29, 1.82) is 0 Å². The van der Waals surface area contributed by atoms with Gasteiger partial charge in [0, 0.05) is 25.8 Å². The van der Waals surface area contributed by atoms with Crippen LogP contribution in [0.2, 0.25) is 0 Å². The van der Waals surface area contributed by atoms with Gasteiger partial charge in [-0.3, -0.25) is 4.79 Å². The minimum Gasteiger partial charge on any atom is -0.378 e. The Morgan fingerprint density at radius 1 is 1.50 bits per heavy atom. The molecule has 2 heterocycles. The standard InChI is InChI=1S/C13H19N3O2/c1-2-5-15-13(17)11-4-3-6-14-12(11)16-7-9-18-10-8-16/h3-4,6H,2,5,7-10H2,1H3,(H,15,17). The average Bonchev–Trinajstić information content (AvgIpc) is 2.45. The minimum absolute atomic E-state index is 0.0496. The molecule has 1 aliphatic rings. The van der Waals surface area contributed by atoms with Crippen LogP contribution in [0.15, 0.2) is 18.3 Å². The highest BCUT2D eigenvalue weighted by Crippen LogP contribution is 2.18. The summed E-state index contributed by atoms with van der Waals surface area (Å²) in [5.41, 5.74) is 0.646. The lowest BCUT2D eigenvalue weighted by atomic mass is 10.2. The molecule has 0 radical (unpaired) electrons. The second-order valence-electron chi connectivity index (χ2n) is 4.23. The third-order valence-electron chi connectivity index (χ3n) is 2.88. The summed E-state index contributed by atoms with van der Waals surface area (Å²) in [7, 11) is 0. The van der Waals surface area contributed by atoms with Crippen molar-refractivity contribution in [3.8, 4) is 0 Å². The number of rotatable bonds is 4. The van der Waals surface area contributed by atoms with Crippen LogP contribution in [0.3, 0.4) is 0 Å². The third kappa shape index (κ3) is 2.98. The number of nitrogens with zero attached hydrogens (tertiary/aromatic N) is 2. The van der Waals surface area contributed by atoms with Gasteiger partial charge in [0.2, 0.25) is 0 Å². The topological polar surface area (TPSA) is 54.5 Å². The van der Waals surface area contributed by atoms with Crippen LogP contribution in [-0.2, 0) is 4.74 Å². The van der Waals surface area contributed by atoms with Crippen LogP contribution < -0.4 is 10.2 Å². The predicted molar refractivity (Wildman–Crippen MR) is 69.9 cm³/mol. The van der Waals surface area contributed by atoms with E-state index in [1.165, 1.54) is 0 Å². The number of nitrogens with one attached hydrogen (secondary N) is 1. The van der Waals surface area contributed by atoms with Gasteiger partial charge in [-0.25, -0.2) is 4.98 Å². The molecule has 0 spiro atoms. The Morgan fingerprint density at radius 2 is 2.28 bits per heavy atom. The van der Waals surface area contributed by atoms with Gasteiger partial charge in [-0.2, -0.15) is 0 Å². The van der Waals surface area contributed by atoms with Crippen LogP contribution in [0.5, 0.6) is 0 Å². The fraction of sp³-hybridized carbons (Fsp3) is 0.538. The van der Waals surface area contributed by atoms with E-state index in [4.69, 9.17) is 4.74 Å². The predicted octanol–water partition coefficient (Wildman–Crippen LogP) is 1.06. The van der Waals surface area contributed by atoms with E-state index in [1.807, 2.05) is 13.0 Å². The van der Waals surface area contributed by atoms with Crippen molar-refractivity contribution in [2.75, 3.05) is 37.7 Å². The van der Waals surface area contributed by atoms with E-state index < -0.39 is 0 Å². The second kappa shape index (κ2) is 6.35. The van der Waals surface area contributed by atoms with E-state index in [0.717, 1.165) is 25.3 Å². The van der Waals surface area contributed by atoms with Gasteiger partial charge in [-0.05, 0) is 18.6 Å². The first-order valence-electron chi connectivity index (χ1n) is 6.39. The molecule has 0 aliphatic carbocycles. The maximum absolute atomic E-state index is 12.1. The van der Waals surface area contributed by atoms with Crippen molar-refractivity contribution in [3.05, 3.63) is 23.9 Å². The van der Waals surface area contributed by atoms with Gasteiger partial charge in [0.1, 0.15) is 5.82 Å². The number of hydrogen-bond acceptors (Lipinski definition) is 4. The first-order valence-corrected chi connectivity index (χ1v) is 6.39. The lowest BCUT2D eigenvalue weighted by Gasteiger charge is -2.29. The number of aromatic nitrogens is 1. The van der Waals surface area contributed by atoms with Gasteiger partial charge >= 0.3 is 0 Å². The van der Waals surface area contributed by atoms with E-state index in [9.17, 15) is 4.79 Å². The molecule has 0 aromatic carbocycles. The Morgan fingerprint density at radius 3 is 3.00 bits per heavy atom. The number of ether oxygens (including phenoxy) is 1. The summed E-state index contributed by atoms with van der Waals surface area (Å²) in [5.74, 6) is 0.709. The highest BCUT2D eigenvalue weighted by atomic mass is 16.5. The molecular weight excluding hydrogens is 230 g/mol. The third-order valence-corrected chi connectivity index (χ3v) is 2.88. The fourth-order valence-electron chi connectivity index (χ4n) is 1.94. The Bertz CT molecular complexity index is 403. The molecule has 98 valence electrons. The van der Waals surface area contributed by atoms with Gasteiger partial charge in [0.25, 0.3) is 5.91 Å². The normalized spacial score (nSPS) is 15.5. The molecule has 1 amide bonds. The first kappa shape index (κ1) is 12.8. The SMILES string of the molecule is CCCNC(=O)c1cccnc1N1CCOCC1. The Hall–Kier alpha value is -1.62.